The standard InChI is InChI=1S/C11H25N3O/c1-9-5-14(6-10(2)13(9)3)7-11(12)8-15-4/h9-11H,5-8,12H2,1-4H3. The second kappa shape index (κ2) is 5.80. The summed E-state index contributed by atoms with van der Waals surface area (Å²) in [6.07, 6.45) is 0. The van der Waals surface area contributed by atoms with Crippen LogP contribution in [0.25, 0.3) is 0 Å². The molecule has 1 heterocycles. The molecule has 1 aliphatic heterocycles. The van der Waals surface area contributed by atoms with E-state index in [-0.39, 0.29) is 6.04 Å². The Morgan fingerprint density at radius 3 is 2.33 bits per heavy atom. The lowest BCUT2D eigenvalue weighted by molar-refractivity contribution is 0.0496. The Bertz CT molecular complexity index is 177. The molecule has 1 aliphatic rings. The largest absolute Gasteiger partial charge is 0.383 e. The van der Waals surface area contributed by atoms with Gasteiger partial charge < -0.3 is 10.5 Å². The van der Waals surface area contributed by atoms with Crippen molar-refractivity contribution in [3.63, 3.8) is 0 Å². The van der Waals surface area contributed by atoms with Gasteiger partial charge in [-0.05, 0) is 20.9 Å². The predicted octanol–water partition coefficient (Wildman–Crippen LogP) is -0.0155. The van der Waals surface area contributed by atoms with E-state index >= 15 is 0 Å². The Kier molecular flexibility index (Phi) is 4.99. The van der Waals surface area contributed by atoms with Crippen LogP contribution in [0.4, 0.5) is 0 Å². The summed E-state index contributed by atoms with van der Waals surface area (Å²) in [6.45, 7) is 8.34. The maximum Gasteiger partial charge on any atom is 0.0626 e. The Morgan fingerprint density at radius 2 is 1.87 bits per heavy atom. The fraction of sp³-hybridized carbons (Fsp3) is 1.00. The number of methoxy groups -OCH3 is 1. The third-order valence-electron chi connectivity index (χ3n) is 3.31. The molecule has 15 heavy (non-hydrogen) atoms. The fourth-order valence-corrected chi connectivity index (χ4v) is 2.26. The highest BCUT2D eigenvalue weighted by molar-refractivity contribution is 4.84. The Balaban J connectivity index is 2.37. The molecule has 0 aromatic carbocycles. The SMILES string of the molecule is COCC(N)CN1CC(C)N(C)C(C)C1. The molecule has 90 valence electrons. The van der Waals surface area contributed by atoms with Crippen molar-refractivity contribution in [2.45, 2.75) is 32.0 Å². The van der Waals surface area contributed by atoms with Gasteiger partial charge in [0, 0.05) is 44.9 Å². The summed E-state index contributed by atoms with van der Waals surface area (Å²) in [6, 6.07) is 1.37. The summed E-state index contributed by atoms with van der Waals surface area (Å²) in [4.78, 5) is 4.87. The number of nitrogens with two attached hydrogens (primary N) is 1. The summed E-state index contributed by atoms with van der Waals surface area (Å²) < 4.78 is 5.06. The summed E-state index contributed by atoms with van der Waals surface area (Å²) in [7, 11) is 3.90. The third-order valence-corrected chi connectivity index (χ3v) is 3.31. The molecule has 0 spiro atoms. The van der Waals surface area contributed by atoms with Crippen LogP contribution in [0.15, 0.2) is 0 Å². The van der Waals surface area contributed by atoms with E-state index in [1.54, 1.807) is 7.11 Å². The van der Waals surface area contributed by atoms with E-state index < -0.39 is 0 Å². The van der Waals surface area contributed by atoms with E-state index in [0.717, 1.165) is 19.6 Å². The van der Waals surface area contributed by atoms with Crippen molar-refractivity contribution in [1.82, 2.24) is 9.80 Å². The van der Waals surface area contributed by atoms with Crippen LogP contribution in [-0.4, -0.2) is 68.3 Å². The van der Waals surface area contributed by atoms with Crippen LogP contribution in [0, 0.1) is 0 Å². The van der Waals surface area contributed by atoms with Gasteiger partial charge >= 0.3 is 0 Å². The number of likely N-dealkylation sites (N-methyl/N-ethyl adjacent to an activating group) is 1. The van der Waals surface area contributed by atoms with Gasteiger partial charge in [0.15, 0.2) is 0 Å². The molecule has 1 fully saturated rings. The molecule has 0 aromatic rings. The molecule has 3 atom stereocenters. The van der Waals surface area contributed by atoms with Crippen molar-refractivity contribution >= 4 is 0 Å². The maximum atomic E-state index is 5.96. The normalized spacial score (nSPS) is 31.8. The smallest absolute Gasteiger partial charge is 0.0626 e. The second-order valence-electron chi connectivity index (χ2n) is 4.80. The molecule has 0 radical (unpaired) electrons. The molecule has 1 rings (SSSR count). The average Bonchev–Trinajstić information content (AvgIpc) is 2.14. The Hall–Kier alpha value is -0.160. The third kappa shape index (κ3) is 3.72. The van der Waals surface area contributed by atoms with E-state index in [2.05, 4.69) is 30.7 Å². The monoisotopic (exact) mass is 215 g/mol. The molecule has 0 aliphatic carbocycles. The van der Waals surface area contributed by atoms with Crippen molar-refractivity contribution in [3.05, 3.63) is 0 Å². The number of nitrogens with zero attached hydrogens (tertiary/aromatic N) is 2. The minimum absolute atomic E-state index is 0.137. The molecule has 0 amide bonds. The highest BCUT2D eigenvalue weighted by Gasteiger charge is 2.26. The minimum atomic E-state index is 0.137. The van der Waals surface area contributed by atoms with Crippen molar-refractivity contribution in [3.8, 4) is 0 Å². The van der Waals surface area contributed by atoms with E-state index in [4.69, 9.17) is 10.5 Å². The number of hydrogen-bond acceptors (Lipinski definition) is 4. The molecule has 4 nitrogen and oxygen atoms in total. The molecular formula is C11H25N3O. The summed E-state index contributed by atoms with van der Waals surface area (Å²) in [5.74, 6) is 0. The van der Waals surface area contributed by atoms with E-state index in [1.165, 1.54) is 0 Å². The van der Waals surface area contributed by atoms with Crippen LogP contribution in [0.5, 0.6) is 0 Å². The number of rotatable bonds is 4. The topological polar surface area (TPSA) is 41.7 Å². The summed E-state index contributed by atoms with van der Waals surface area (Å²) in [5, 5.41) is 0. The van der Waals surface area contributed by atoms with Gasteiger partial charge in [-0.3, -0.25) is 9.80 Å². The zero-order valence-electron chi connectivity index (χ0n) is 10.4. The molecule has 0 aromatic heterocycles. The quantitative estimate of drug-likeness (QED) is 0.716. The molecule has 1 saturated heterocycles. The zero-order valence-corrected chi connectivity index (χ0v) is 10.4. The van der Waals surface area contributed by atoms with Crippen LogP contribution in [-0.2, 0) is 4.74 Å². The van der Waals surface area contributed by atoms with E-state index in [9.17, 15) is 0 Å². The second-order valence-corrected chi connectivity index (χ2v) is 4.80. The highest BCUT2D eigenvalue weighted by atomic mass is 16.5. The number of hydrogen-bond donors (Lipinski definition) is 1. The molecule has 2 N–H and O–H groups in total. The molecule has 3 unspecified atom stereocenters. The zero-order chi connectivity index (χ0) is 11.4. The fourth-order valence-electron chi connectivity index (χ4n) is 2.26. The highest BCUT2D eigenvalue weighted by Crippen LogP contribution is 2.13. The first-order valence-corrected chi connectivity index (χ1v) is 5.73. The van der Waals surface area contributed by atoms with Crippen molar-refractivity contribution in [2.75, 3.05) is 40.4 Å². The Morgan fingerprint density at radius 1 is 1.33 bits per heavy atom. The van der Waals surface area contributed by atoms with Crippen LogP contribution < -0.4 is 5.73 Å². The summed E-state index contributed by atoms with van der Waals surface area (Å²) >= 11 is 0. The molecule has 0 saturated carbocycles. The first kappa shape index (κ1) is 12.9. The van der Waals surface area contributed by atoms with Gasteiger partial charge in [0.05, 0.1) is 6.61 Å². The Labute approximate surface area is 93.4 Å². The molecular weight excluding hydrogens is 190 g/mol. The van der Waals surface area contributed by atoms with E-state index in [0.29, 0.717) is 18.7 Å². The van der Waals surface area contributed by atoms with Crippen molar-refractivity contribution in [2.24, 2.45) is 5.73 Å². The van der Waals surface area contributed by atoms with Gasteiger partial charge in [0.2, 0.25) is 0 Å². The van der Waals surface area contributed by atoms with Crippen LogP contribution in [0.1, 0.15) is 13.8 Å². The van der Waals surface area contributed by atoms with Gasteiger partial charge in [-0.1, -0.05) is 0 Å². The summed E-state index contributed by atoms with van der Waals surface area (Å²) in [5.41, 5.74) is 5.96. The van der Waals surface area contributed by atoms with Crippen LogP contribution in [0.3, 0.4) is 0 Å². The molecule has 4 heteroatoms. The van der Waals surface area contributed by atoms with Crippen LogP contribution >= 0.6 is 0 Å². The van der Waals surface area contributed by atoms with Crippen molar-refractivity contribution in [1.29, 1.82) is 0 Å². The van der Waals surface area contributed by atoms with Gasteiger partial charge in [0.25, 0.3) is 0 Å². The minimum Gasteiger partial charge on any atom is -0.383 e. The van der Waals surface area contributed by atoms with E-state index in [1.807, 2.05) is 0 Å². The first-order valence-electron chi connectivity index (χ1n) is 5.73. The lowest BCUT2D eigenvalue weighted by Crippen LogP contribution is -2.57. The van der Waals surface area contributed by atoms with Crippen LogP contribution in [0.2, 0.25) is 0 Å². The van der Waals surface area contributed by atoms with Crippen molar-refractivity contribution < 1.29 is 4.74 Å². The predicted molar refractivity (Wildman–Crippen MR) is 63.0 cm³/mol. The molecule has 0 bridgehead atoms. The van der Waals surface area contributed by atoms with Gasteiger partial charge in [-0.15, -0.1) is 0 Å². The van der Waals surface area contributed by atoms with Gasteiger partial charge in [-0.2, -0.15) is 0 Å². The van der Waals surface area contributed by atoms with Gasteiger partial charge in [0.1, 0.15) is 0 Å². The first-order chi connectivity index (χ1) is 7.04. The average molecular weight is 215 g/mol. The van der Waals surface area contributed by atoms with Gasteiger partial charge in [-0.25, -0.2) is 0 Å². The lowest BCUT2D eigenvalue weighted by atomic mass is 10.1. The number of ether oxygens (including phenoxy) is 1. The number of piperazine rings is 1. The maximum absolute atomic E-state index is 5.96. The lowest BCUT2D eigenvalue weighted by Gasteiger charge is -2.43.